The Hall–Kier alpha value is -4.01. The fourth-order valence-electron chi connectivity index (χ4n) is 3.89. The van der Waals surface area contributed by atoms with Crippen LogP contribution in [-0.4, -0.2) is 42.6 Å². The van der Waals surface area contributed by atoms with Crippen LogP contribution in [0.2, 0.25) is 0 Å². The Labute approximate surface area is 191 Å². The minimum atomic E-state index is -0.152. The van der Waals surface area contributed by atoms with Gasteiger partial charge >= 0.3 is 0 Å². The number of aromatic nitrogens is 5. The molecular weight excluding hydrogens is 418 g/mol. The first kappa shape index (κ1) is 22.2. The predicted molar refractivity (Wildman–Crippen MR) is 126 cm³/mol. The Kier molecular flexibility index (Phi) is 5.95. The van der Waals surface area contributed by atoms with E-state index in [1.54, 1.807) is 15.4 Å². The molecule has 0 aliphatic heterocycles. The van der Waals surface area contributed by atoms with E-state index in [4.69, 9.17) is 0 Å². The highest BCUT2D eigenvalue weighted by Crippen LogP contribution is 2.27. The highest BCUT2D eigenvalue weighted by atomic mass is 16.1. The molecule has 0 aliphatic rings. The van der Waals surface area contributed by atoms with Gasteiger partial charge in [-0.2, -0.15) is 10.2 Å². The van der Waals surface area contributed by atoms with Gasteiger partial charge in [-0.05, 0) is 51.0 Å². The summed E-state index contributed by atoms with van der Waals surface area (Å²) in [5, 5.41) is 14.7. The van der Waals surface area contributed by atoms with E-state index in [-0.39, 0.29) is 18.1 Å². The second-order valence-electron chi connectivity index (χ2n) is 8.08. The average molecular weight is 446 g/mol. The number of anilines is 2. The Balaban J connectivity index is 1.66. The highest BCUT2D eigenvalue weighted by Gasteiger charge is 2.18. The summed E-state index contributed by atoms with van der Waals surface area (Å²) >= 11 is 0. The maximum Gasteiger partial charge on any atom is 0.253 e. The molecule has 0 saturated heterocycles. The molecule has 3 aromatic heterocycles. The third kappa shape index (κ3) is 4.34. The van der Waals surface area contributed by atoms with Crippen LogP contribution in [0.3, 0.4) is 0 Å². The Bertz CT molecular complexity index is 1370. The topological polar surface area (TPSA) is 106 Å². The SMILES string of the molecule is CCNC(=O)c1cn2ncnc(Nc3cc(C(=O)Cc4cc(C)nn4C)ccc3C)c2c1C. The van der Waals surface area contributed by atoms with Gasteiger partial charge in [0.15, 0.2) is 11.6 Å². The van der Waals surface area contributed by atoms with Crippen molar-refractivity contribution in [3.8, 4) is 0 Å². The molecule has 0 fully saturated rings. The lowest BCUT2D eigenvalue weighted by Gasteiger charge is -2.12. The number of hydrogen-bond acceptors (Lipinski definition) is 6. The van der Waals surface area contributed by atoms with Crippen molar-refractivity contribution in [1.29, 1.82) is 0 Å². The Morgan fingerprint density at radius 3 is 2.61 bits per heavy atom. The van der Waals surface area contributed by atoms with Gasteiger partial charge in [0.25, 0.3) is 5.91 Å². The number of benzene rings is 1. The first-order valence-corrected chi connectivity index (χ1v) is 10.8. The van der Waals surface area contributed by atoms with E-state index in [1.807, 2.05) is 59.0 Å². The quantitative estimate of drug-likeness (QED) is 0.423. The van der Waals surface area contributed by atoms with E-state index in [0.29, 0.717) is 29.0 Å². The van der Waals surface area contributed by atoms with E-state index >= 15 is 0 Å². The van der Waals surface area contributed by atoms with Crippen LogP contribution in [0.25, 0.3) is 5.52 Å². The fourth-order valence-corrected chi connectivity index (χ4v) is 3.89. The number of carbonyl (C=O) groups excluding carboxylic acids is 2. The first-order valence-electron chi connectivity index (χ1n) is 10.8. The number of ketones is 1. The first-order chi connectivity index (χ1) is 15.8. The van der Waals surface area contributed by atoms with E-state index in [1.165, 1.54) is 6.33 Å². The van der Waals surface area contributed by atoms with E-state index in [9.17, 15) is 9.59 Å². The Morgan fingerprint density at radius 2 is 1.91 bits per heavy atom. The number of amides is 1. The molecule has 4 rings (SSSR count). The van der Waals surface area contributed by atoms with Gasteiger partial charge in [-0.15, -0.1) is 0 Å². The molecule has 9 nitrogen and oxygen atoms in total. The minimum Gasteiger partial charge on any atom is -0.352 e. The zero-order valence-corrected chi connectivity index (χ0v) is 19.4. The summed E-state index contributed by atoms with van der Waals surface area (Å²) in [5.41, 5.74) is 6.12. The molecule has 1 amide bonds. The molecule has 4 aromatic rings. The lowest BCUT2D eigenvalue weighted by molar-refractivity contribution is 0.0953. The van der Waals surface area contributed by atoms with Crippen molar-refractivity contribution in [3.63, 3.8) is 0 Å². The molecule has 0 unspecified atom stereocenters. The van der Waals surface area contributed by atoms with E-state index < -0.39 is 0 Å². The number of Topliss-reactive ketones (excluding diaryl/α,β-unsaturated/α-hetero) is 1. The summed E-state index contributed by atoms with van der Waals surface area (Å²) in [6, 6.07) is 7.50. The second kappa shape index (κ2) is 8.85. The normalized spacial score (nSPS) is 11.1. The van der Waals surface area contributed by atoms with Crippen LogP contribution in [0.15, 0.2) is 36.8 Å². The van der Waals surface area contributed by atoms with Gasteiger partial charge in [0.2, 0.25) is 0 Å². The zero-order chi connectivity index (χ0) is 23.7. The monoisotopic (exact) mass is 445 g/mol. The predicted octanol–water partition coefficient (Wildman–Crippen LogP) is 3.31. The number of nitrogens with one attached hydrogen (secondary N) is 2. The summed E-state index contributed by atoms with van der Waals surface area (Å²) in [4.78, 5) is 29.8. The fraction of sp³-hybridized carbons (Fsp3) is 0.292. The molecule has 0 radical (unpaired) electrons. The number of nitrogens with zero attached hydrogens (tertiary/aromatic N) is 5. The van der Waals surface area contributed by atoms with Gasteiger partial charge in [0.05, 0.1) is 17.7 Å². The second-order valence-corrected chi connectivity index (χ2v) is 8.08. The lowest BCUT2D eigenvalue weighted by atomic mass is 10.0. The largest absolute Gasteiger partial charge is 0.352 e. The van der Waals surface area contributed by atoms with Crippen molar-refractivity contribution in [2.75, 3.05) is 11.9 Å². The van der Waals surface area contributed by atoms with Crippen LogP contribution in [0.1, 0.15) is 50.2 Å². The highest BCUT2D eigenvalue weighted by molar-refractivity contribution is 6.00. The number of aryl methyl sites for hydroxylation is 4. The van der Waals surface area contributed by atoms with Crippen LogP contribution in [0.4, 0.5) is 11.5 Å². The van der Waals surface area contributed by atoms with Gasteiger partial charge in [-0.1, -0.05) is 12.1 Å². The summed E-state index contributed by atoms with van der Waals surface area (Å²) < 4.78 is 3.38. The Morgan fingerprint density at radius 1 is 1.12 bits per heavy atom. The molecule has 0 spiro atoms. The van der Waals surface area contributed by atoms with Crippen molar-refractivity contribution in [1.82, 2.24) is 29.7 Å². The van der Waals surface area contributed by atoms with Crippen LogP contribution in [0, 0.1) is 20.8 Å². The van der Waals surface area contributed by atoms with Crippen molar-refractivity contribution >= 4 is 28.7 Å². The maximum absolute atomic E-state index is 13.0. The smallest absolute Gasteiger partial charge is 0.253 e. The zero-order valence-electron chi connectivity index (χ0n) is 19.4. The van der Waals surface area contributed by atoms with Crippen LogP contribution in [0.5, 0.6) is 0 Å². The third-order valence-corrected chi connectivity index (χ3v) is 5.66. The molecule has 0 saturated carbocycles. The van der Waals surface area contributed by atoms with Gasteiger partial charge in [-0.3, -0.25) is 14.3 Å². The van der Waals surface area contributed by atoms with E-state index in [0.717, 1.165) is 28.2 Å². The summed E-state index contributed by atoms with van der Waals surface area (Å²) in [6.45, 7) is 8.16. The molecule has 0 atom stereocenters. The van der Waals surface area contributed by atoms with Crippen molar-refractivity contribution < 1.29 is 9.59 Å². The van der Waals surface area contributed by atoms with Gasteiger partial charge in [-0.25, -0.2) is 9.50 Å². The van der Waals surface area contributed by atoms with Gasteiger partial charge in [0, 0.05) is 36.7 Å². The van der Waals surface area contributed by atoms with Crippen LogP contribution < -0.4 is 10.6 Å². The maximum atomic E-state index is 13.0. The van der Waals surface area contributed by atoms with Gasteiger partial charge < -0.3 is 10.6 Å². The molecule has 1 aromatic carbocycles. The molecule has 3 heterocycles. The summed E-state index contributed by atoms with van der Waals surface area (Å²) in [7, 11) is 1.84. The molecule has 2 N–H and O–H groups in total. The van der Waals surface area contributed by atoms with Crippen molar-refractivity contribution in [2.24, 2.45) is 7.05 Å². The molecule has 33 heavy (non-hydrogen) atoms. The summed E-state index contributed by atoms with van der Waals surface area (Å²) in [6.07, 6.45) is 3.40. The molecule has 9 heteroatoms. The molecular formula is C24H27N7O2. The van der Waals surface area contributed by atoms with Crippen LogP contribution in [-0.2, 0) is 13.5 Å². The average Bonchev–Trinajstić information content (AvgIpc) is 3.28. The number of rotatable bonds is 7. The number of hydrogen-bond donors (Lipinski definition) is 2. The standard InChI is InChI=1S/C24H27N7O2/c1-6-25-24(33)19-12-31-22(16(19)4)23(26-13-27-31)28-20-10-17(8-7-14(20)2)21(32)11-18-9-15(3)29-30(18)5/h7-10,12-13H,6,11H2,1-5H3,(H,25,33)(H,26,27,28). The molecule has 0 bridgehead atoms. The third-order valence-electron chi connectivity index (χ3n) is 5.66. The molecule has 0 aliphatic carbocycles. The molecule has 170 valence electrons. The van der Waals surface area contributed by atoms with E-state index in [2.05, 4.69) is 25.8 Å². The van der Waals surface area contributed by atoms with Gasteiger partial charge in [0.1, 0.15) is 11.8 Å². The van der Waals surface area contributed by atoms with Crippen molar-refractivity contribution in [2.45, 2.75) is 34.1 Å². The number of fused-ring (bicyclic) bond motifs is 1. The lowest BCUT2D eigenvalue weighted by Crippen LogP contribution is -2.22. The van der Waals surface area contributed by atoms with Crippen LogP contribution >= 0.6 is 0 Å². The number of carbonyl (C=O) groups is 2. The minimum absolute atomic E-state index is 0.00581. The summed E-state index contributed by atoms with van der Waals surface area (Å²) in [5.74, 6) is 0.417. The van der Waals surface area contributed by atoms with Crippen molar-refractivity contribution in [3.05, 3.63) is 70.4 Å².